The van der Waals surface area contributed by atoms with Gasteiger partial charge in [0.25, 0.3) is 0 Å². The summed E-state index contributed by atoms with van der Waals surface area (Å²) in [7, 11) is 0. The number of allylic oxidation sites excluding steroid dienone is 1. The summed E-state index contributed by atoms with van der Waals surface area (Å²) in [6.45, 7) is 3.54. The first-order chi connectivity index (χ1) is 12.9. The van der Waals surface area contributed by atoms with Crippen LogP contribution in [0.25, 0.3) is 12.2 Å². The van der Waals surface area contributed by atoms with Crippen LogP contribution in [0.2, 0.25) is 5.02 Å². The Labute approximate surface area is 161 Å². The predicted molar refractivity (Wildman–Crippen MR) is 104 cm³/mol. The van der Waals surface area contributed by atoms with Crippen LogP contribution >= 0.6 is 11.6 Å². The van der Waals surface area contributed by atoms with E-state index in [-0.39, 0.29) is 11.4 Å². The summed E-state index contributed by atoms with van der Waals surface area (Å²) < 4.78 is 10.8. The van der Waals surface area contributed by atoms with Crippen LogP contribution in [0.15, 0.2) is 54.2 Å². The van der Waals surface area contributed by atoms with Crippen molar-refractivity contribution < 1.29 is 19.2 Å². The van der Waals surface area contributed by atoms with E-state index in [1.807, 2.05) is 0 Å². The van der Waals surface area contributed by atoms with Crippen LogP contribution in [0.3, 0.4) is 0 Å². The monoisotopic (exact) mass is 387 g/mol. The minimum Gasteiger partial charge on any atom is -0.490 e. The molecule has 2 aromatic rings. The van der Waals surface area contributed by atoms with E-state index in [9.17, 15) is 14.9 Å². The number of halogens is 1. The van der Waals surface area contributed by atoms with E-state index >= 15 is 0 Å². The third-order valence-electron chi connectivity index (χ3n) is 3.42. The Morgan fingerprint density at radius 3 is 2.44 bits per heavy atom. The topological polar surface area (TPSA) is 78.7 Å². The van der Waals surface area contributed by atoms with Crippen LogP contribution in [0.1, 0.15) is 25.0 Å². The second-order valence-corrected chi connectivity index (χ2v) is 5.92. The molecule has 0 spiro atoms. The molecule has 2 aromatic carbocycles. The average molecular weight is 388 g/mol. The first-order valence-corrected chi connectivity index (χ1v) is 8.52. The van der Waals surface area contributed by atoms with Crippen molar-refractivity contribution in [2.75, 3.05) is 6.61 Å². The molecule has 0 aromatic heterocycles. The lowest BCUT2D eigenvalue weighted by atomic mass is 10.1. The first kappa shape index (κ1) is 20.2. The molecular weight excluding hydrogens is 370 g/mol. The molecule has 0 aliphatic rings. The summed E-state index contributed by atoms with van der Waals surface area (Å²) in [4.78, 5) is 22.3. The SMILES string of the molecule is CCOc1cc(/C=C(/C)[N+](=O)[O-])ccc1OC(=O)/C=C/c1ccc(Cl)cc1. The molecule has 0 radical (unpaired) electrons. The highest BCUT2D eigenvalue weighted by atomic mass is 35.5. The van der Waals surface area contributed by atoms with Crippen molar-refractivity contribution in [2.24, 2.45) is 0 Å². The van der Waals surface area contributed by atoms with Crippen LogP contribution in [0, 0.1) is 10.1 Å². The standard InChI is InChI=1S/C20H18ClNO5/c1-3-26-19-13-16(12-14(2)22(24)25)6-10-18(19)27-20(23)11-7-15-4-8-17(21)9-5-15/h4-13H,3H2,1-2H3/b11-7+,14-12-. The molecule has 7 heteroatoms. The van der Waals surface area contributed by atoms with Crippen LogP contribution in [0.5, 0.6) is 11.5 Å². The molecule has 0 atom stereocenters. The fourth-order valence-electron chi connectivity index (χ4n) is 2.14. The highest BCUT2D eigenvalue weighted by Gasteiger charge is 2.11. The van der Waals surface area contributed by atoms with Crippen LogP contribution in [-0.2, 0) is 4.79 Å². The number of hydrogen-bond acceptors (Lipinski definition) is 5. The average Bonchev–Trinajstić information content (AvgIpc) is 2.63. The zero-order valence-electron chi connectivity index (χ0n) is 14.8. The second kappa shape index (κ2) is 9.54. The molecule has 0 fully saturated rings. The van der Waals surface area contributed by atoms with Gasteiger partial charge < -0.3 is 9.47 Å². The Morgan fingerprint density at radius 2 is 1.81 bits per heavy atom. The van der Waals surface area contributed by atoms with Gasteiger partial charge in [0.15, 0.2) is 11.5 Å². The van der Waals surface area contributed by atoms with Gasteiger partial charge in [-0.25, -0.2) is 4.79 Å². The smallest absolute Gasteiger partial charge is 0.336 e. The molecule has 0 heterocycles. The van der Waals surface area contributed by atoms with Crippen LogP contribution in [-0.4, -0.2) is 17.5 Å². The number of rotatable bonds is 7. The predicted octanol–water partition coefficient (Wildman–Crippen LogP) is 5.00. The van der Waals surface area contributed by atoms with Gasteiger partial charge in [-0.15, -0.1) is 0 Å². The molecule has 27 heavy (non-hydrogen) atoms. The highest BCUT2D eigenvalue weighted by molar-refractivity contribution is 6.30. The van der Waals surface area contributed by atoms with Gasteiger partial charge in [-0.1, -0.05) is 29.8 Å². The largest absolute Gasteiger partial charge is 0.490 e. The van der Waals surface area contributed by atoms with Gasteiger partial charge >= 0.3 is 5.97 Å². The quantitative estimate of drug-likeness (QED) is 0.220. The van der Waals surface area contributed by atoms with E-state index in [0.29, 0.717) is 22.9 Å². The van der Waals surface area contributed by atoms with Crippen molar-refractivity contribution in [3.05, 3.63) is 80.5 Å². The summed E-state index contributed by atoms with van der Waals surface area (Å²) in [5.74, 6) is -0.00943. The van der Waals surface area contributed by atoms with E-state index in [4.69, 9.17) is 21.1 Å². The van der Waals surface area contributed by atoms with Gasteiger partial charge in [-0.2, -0.15) is 0 Å². The van der Waals surface area contributed by atoms with E-state index in [1.54, 1.807) is 49.4 Å². The molecular formula is C20H18ClNO5. The van der Waals surface area contributed by atoms with Crippen molar-refractivity contribution >= 4 is 29.7 Å². The molecule has 0 N–H and O–H groups in total. The number of esters is 1. The minimum absolute atomic E-state index is 0.00640. The maximum Gasteiger partial charge on any atom is 0.336 e. The maximum atomic E-state index is 12.1. The summed E-state index contributed by atoms with van der Waals surface area (Å²) >= 11 is 5.82. The van der Waals surface area contributed by atoms with Gasteiger partial charge in [0.1, 0.15) is 0 Å². The Bertz CT molecular complexity index is 888. The van der Waals surface area contributed by atoms with E-state index in [2.05, 4.69) is 0 Å². The third-order valence-corrected chi connectivity index (χ3v) is 3.68. The Kier molecular flexibility index (Phi) is 7.14. The Balaban J connectivity index is 2.16. The van der Waals surface area contributed by atoms with E-state index in [1.165, 1.54) is 25.1 Å². The van der Waals surface area contributed by atoms with Crippen LogP contribution in [0.4, 0.5) is 0 Å². The van der Waals surface area contributed by atoms with Gasteiger partial charge in [0, 0.05) is 24.1 Å². The molecule has 140 valence electrons. The van der Waals surface area contributed by atoms with E-state index < -0.39 is 10.9 Å². The molecule has 6 nitrogen and oxygen atoms in total. The molecule has 0 aliphatic heterocycles. The number of hydrogen-bond donors (Lipinski definition) is 0. The zero-order valence-corrected chi connectivity index (χ0v) is 15.6. The summed E-state index contributed by atoms with van der Waals surface area (Å²) in [6.07, 6.45) is 4.31. The first-order valence-electron chi connectivity index (χ1n) is 8.14. The number of nitrogens with zero attached hydrogens (tertiary/aromatic N) is 1. The number of nitro groups is 1. The van der Waals surface area contributed by atoms with Gasteiger partial charge in [-0.05, 0) is 48.4 Å². The molecule has 0 saturated carbocycles. The molecule has 0 bridgehead atoms. The number of benzene rings is 2. The lowest BCUT2D eigenvalue weighted by Crippen LogP contribution is -2.06. The van der Waals surface area contributed by atoms with E-state index in [0.717, 1.165) is 5.56 Å². The summed E-state index contributed by atoms with van der Waals surface area (Å²) in [5.41, 5.74) is 1.37. The maximum absolute atomic E-state index is 12.1. The number of ether oxygens (including phenoxy) is 2. The van der Waals surface area contributed by atoms with Crippen molar-refractivity contribution in [1.82, 2.24) is 0 Å². The summed E-state index contributed by atoms with van der Waals surface area (Å²) in [5, 5.41) is 11.4. The van der Waals surface area contributed by atoms with Gasteiger partial charge in [-0.3, -0.25) is 10.1 Å². The van der Waals surface area contributed by atoms with Crippen LogP contribution < -0.4 is 9.47 Å². The molecule has 0 aliphatic carbocycles. The number of carbonyl (C=O) groups is 1. The Morgan fingerprint density at radius 1 is 1.15 bits per heavy atom. The van der Waals surface area contributed by atoms with Crippen molar-refractivity contribution in [3.63, 3.8) is 0 Å². The summed E-state index contributed by atoms with van der Waals surface area (Å²) in [6, 6.07) is 11.7. The Hall–Kier alpha value is -3.12. The fraction of sp³-hybridized carbons (Fsp3) is 0.150. The van der Waals surface area contributed by atoms with Crippen molar-refractivity contribution in [3.8, 4) is 11.5 Å². The highest BCUT2D eigenvalue weighted by Crippen LogP contribution is 2.29. The third kappa shape index (κ3) is 6.27. The molecule has 0 amide bonds. The normalized spacial score (nSPS) is 11.4. The fourth-order valence-corrected chi connectivity index (χ4v) is 2.27. The number of carbonyl (C=O) groups excluding carboxylic acids is 1. The second-order valence-electron chi connectivity index (χ2n) is 5.49. The zero-order chi connectivity index (χ0) is 19.8. The lowest BCUT2D eigenvalue weighted by molar-refractivity contribution is -0.422. The van der Waals surface area contributed by atoms with Gasteiger partial charge in [0.2, 0.25) is 5.70 Å². The molecule has 2 rings (SSSR count). The molecule has 0 unspecified atom stereocenters. The van der Waals surface area contributed by atoms with Gasteiger partial charge in [0.05, 0.1) is 11.5 Å². The minimum atomic E-state index is -0.573. The molecule has 0 saturated heterocycles. The lowest BCUT2D eigenvalue weighted by Gasteiger charge is -2.10. The van der Waals surface area contributed by atoms with Crippen molar-refractivity contribution in [1.29, 1.82) is 0 Å². The van der Waals surface area contributed by atoms with Crippen molar-refractivity contribution in [2.45, 2.75) is 13.8 Å².